The van der Waals surface area contributed by atoms with Crippen molar-refractivity contribution in [2.45, 2.75) is 26.7 Å². The van der Waals surface area contributed by atoms with Crippen LogP contribution in [0.15, 0.2) is 24.3 Å². The first kappa shape index (κ1) is 21.1. The van der Waals surface area contributed by atoms with Crippen LogP contribution in [0.3, 0.4) is 0 Å². The van der Waals surface area contributed by atoms with Gasteiger partial charge in [-0.15, -0.1) is 0 Å². The number of ether oxygens (including phenoxy) is 3. The van der Waals surface area contributed by atoms with Crippen LogP contribution in [0.25, 0.3) is 0 Å². The number of anilines is 1. The van der Waals surface area contributed by atoms with Crippen LogP contribution in [0, 0.1) is 13.8 Å². The van der Waals surface area contributed by atoms with Crippen molar-refractivity contribution < 1.29 is 28.9 Å². The molecular weight excluding hydrogens is 362 g/mol. The Balaban J connectivity index is 2.15. The Hall–Kier alpha value is -3.22. The summed E-state index contributed by atoms with van der Waals surface area (Å²) in [7, 11) is 4.60. The smallest absolute Gasteiger partial charge is 0.336 e. The molecule has 0 aliphatic rings. The Morgan fingerprint density at radius 1 is 0.964 bits per heavy atom. The van der Waals surface area contributed by atoms with Gasteiger partial charge in [0.25, 0.3) is 0 Å². The molecule has 0 radical (unpaired) electrons. The van der Waals surface area contributed by atoms with E-state index in [2.05, 4.69) is 5.32 Å². The fourth-order valence-electron chi connectivity index (χ4n) is 3.04. The SMILES string of the molecule is COc1ccc(CCC(=O)Nc2cc(C(=O)O)c(C)cc2C)c(OC)c1OC. The molecule has 1 amide bonds. The van der Waals surface area contributed by atoms with Crippen molar-refractivity contribution in [1.29, 1.82) is 0 Å². The lowest BCUT2D eigenvalue weighted by molar-refractivity contribution is -0.116. The van der Waals surface area contributed by atoms with E-state index in [4.69, 9.17) is 14.2 Å². The highest BCUT2D eigenvalue weighted by Crippen LogP contribution is 2.40. The number of hydrogen-bond donors (Lipinski definition) is 2. The molecule has 0 bridgehead atoms. The number of rotatable bonds is 8. The second-order valence-electron chi connectivity index (χ2n) is 6.33. The molecule has 0 spiro atoms. The van der Waals surface area contributed by atoms with Crippen LogP contribution in [0.1, 0.15) is 33.5 Å². The number of amides is 1. The van der Waals surface area contributed by atoms with Crippen LogP contribution in [0.4, 0.5) is 5.69 Å². The molecule has 0 saturated carbocycles. The minimum atomic E-state index is -1.02. The second-order valence-corrected chi connectivity index (χ2v) is 6.33. The third kappa shape index (κ3) is 4.54. The third-order valence-corrected chi connectivity index (χ3v) is 4.48. The van der Waals surface area contributed by atoms with Crippen molar-refractivity contribution in [3.63, 3.8) is 0 Å². The number of carboxylic acid groups (broad SMARTS) is 1. The monoisotopic (exact) mass is 387 g/mol. The number of hydrogen-bond acceptors (Lipinski definition) is 5. The van der Waals surface area contributed by atoms with E-state index in [1.165, 1.54) is 20.3 Å². The van der Waals surface area contributed by atoms with Gasteiger partial charge in [0, 0.05) is 12.1 Å². The lowest BCUT2D eigenvalue weighted by Crippen LogP contribution is -2.14. The quantitative estimate of drug-likeness (QED) is 0.719. The summed E-state index contributed by atoms with van der Waals surface area (Å²) >= 11 is 0. The highest BCUT2D eigenvalue weighted by atomic mass is 16.5. The minimum Gasteiger partial charge on any atom is -0.493 e. The van der Waals surface area contributed by atoms with Gasteiger partial charge in [-0.1, -0.05) is 12.1 Å². The maximum Gasteiger partial charge on any atom is 0.336 e. The number of carboxylic acids is 1. The molecule has 7 heteroatoms. The standard InChI is InChI=1S/C21H25NO6/c1-12-10-13(2)16(11-15(12)21(24)25)22-18(23)9-7-14-6-8-17(26-3)20(28-5)19(14)27-4/h6,8,10-11H,7,9H2,1-5H3,(H,22,23)(H,24,25). The average molecular weight is 387 g/mol. The average Bonchev–Trinajstić information content (AvgIpc) is 2.67. The van der Waals surface area contributed by atoms with E-state index in [1.54, 1.807) is 26.2 Å². The van der Waals surface area contributed by atoms with E-state index in [9.17, 15) is 14.7 Å². The fourth-order valence-corrected chi connectivity index (χ4v) is 3.04. The highest BCUT2D eigenvalue weighted by Gasteiger charge is 2.17. The number of aryl methyl sites for hydroxylation is 3. The van der Waals surface area contributed by atoms with Gasteiger partial charge < -0.3 is 24.6 Å². The van der Waals surface area contributed by atoms with Crippen LogP contribution in [0.5, 0.6) is 17.2 Å². The Bertz CT molecular complexity index is 891. The van der Waals surface area contributed by atoms with E-state index in [-0.39, 0.29) is 17.9 Å². The summed E-state index contributed by atoms with van der Waals surface area (Å²) in [4.78, 5) is 23.7. The van der Waals surface area contributed by atoms with Gasteiger partial charge in [-0.05, 0) is 49.1 Å². The zero-order valence-corrected chi connectivity index (χ0v) is 16.7. The molecule has 2 aromatic carbocycles. The summed E-state index contributed by atoms with van der Waals surface area (Å²) < 4.78 is 16.0. The molecule has 0 fully saturated rings. The number of nitrogens with one attached hydrogen (secondary N) is 1. The molecule has 2 N–H and O–H groups in total. The van der Waals surface area contributed by atoms with E-state index in [0.29, 0.717) is 34.9 Å². The molecule has 7 nitrogen and oxygen atoms in total. The molecule has 0 atom stereocenters. The predicted octanol–water partition coefficient (Wildman–Crippen LogP) is 3.60. The van der Waals surface area contributed by atoms with E-state index in [0.717, 1.165) is 11.1 Å². The third-order valence-electron chi connectivity index (χ3n) is 4.48. The molecule has 0 unspecified atom stereocenters. The topological polar surface area (TPSA) is 94.1 Å². The molecule has 2 rings (SSSR count). The zero-order chi connectivity index (χ0) is 20.8. The molecule has 2 aromatic rings. The van der Waals surface area contributed by atoms with Gasteiger partial charge in [-0.25, -0.2) is 4.79 Å². The van der Waals surface area contributed by atoms with Crippen molar-refractivity contribution in [2.75, 3.05) is 26.6 Å². The van der Waals surface area contributed by atoms with Gasteiger partial charge >= 0.3 is 5.97 Å². The predicted molar refractivity (Wildman–Crippen MR) is 106 cm³/mol. The number of carbonyl (C=O) groups is 2. The summed E-state index contributed by atoms with van der Waals surface area (Å²) in [5.41, 5.74) is 2.93. The van der Waals surface area contributed by atoms with E-state index >= 15 is 0 Å². The fraction of sp³-hybridized carbons (Fsp3) is 0.333. The first-order chi connectivity index (χ1) is 13.3. The Morgan fingerprint density at radius 3 is 2.21 bits per heavy atom. The van der Waals surface area contributed by atoms with E-state index < -0.39 is 5.97 Å². The lowest BCUT2D eigenvalue weighted by atomic mass is 10.0. The summed E-state index contributed by atoms with van der Waals surface area (Å²) in [6.07, 6.45) is 0.619. The first-order valence-corrected chi connectivity index (χ1v) is 8.74. The molecule has 0 saturated heterocycles. The Kier molecular flexibility index (Phi) is 6.87. The largest absolute Gasteiger partial charge is 0.493 e. The Labute approximate surface area is 164 Å². The van der Waals surface area contributed by atoms with E-state index in [1.807, 2.05) is 13.0 Å². The van der Waals surface area contributed by atoms with Gasteiger partial charge in [-0.3, -0.25) is 4.79 Å². The molecule has 0 aliphatic heterocycles. The summed E-state index contributed by atoms with van der Waals surface area (Å²) in [5.74, 6) is 0.296. The van der Waals surface area contributed by atoms with Crippen LogP contribution in [-0.4, -0.2) is 38.3 Å². The number of benzene rings is 2. The normalized spacial score (nSPS) is 10.3. The van der Waals surface area contributed by atoms with Gasteiger partial charge in [0.15, 0.2) is 11.5 Å². The zero-order valence-electron chi connectivity index (χ0n) is 16.7. The van der Waals surface area contributed by atoms with Gasteiger partial charge in [0.05, 0.1) is 26.9 Å². The molecule has 0 heterocycles. The van der Waals surface area contributed by atoms with Crippen LogP contribution >= 0.6 is 0 Å². The van der Waals surface area contributed by atoms with Gasteiger partial charge in [0.2, 0.25) is 11.7 Å². The number of aromatic carboxylic acids is 1. The molecule has 0 aromatic heterocycles. The maximum absolute atomic E-state index is 12.4. The van der Waals surface area contributed by atoms with Gasteiger partial charge in [-0.2, -0.15) is 0 Å². The van der Waals surface area contributed by atoms with Crippen molar-refractivity contribution >= 4 is 17.6 Å². The molecular formula is C21H25NO6. The first-order valence-electron chi connectivity index (χ1n) is 8.74. The summed E-state index contributed by atoms with van der Waals surface area (Å²) in [6.45, 7) is 3.55. The van der Waals surface area contributed by atoms with Gasteiger partial charge in [0.1, 0.15) is 0 Å². The molecule has 150 valence electrons. The second kappa shape index (κ2) is 9.12. The number of methoxy groups -OCH3 is 3. The maximum atomic E-state index is 12.4. The van der Waals surface area contributed by atoms with Crippen molar-refractivity contribution in [3.8, 4) is 17.2 Å². The highest BCUT2D eigenvalue weighted by molar-refractivity contribution is 5.95. The van der Waals surface area contributed by atoms with Crippen LogP contribution in [-0.2, 0) is 11.2 Å². The summed E-state index contributed by atoms with van der Waals surface area (Å²) in [5, 5.41) is 12.1. The van der Waals surface area contributed by atoms with Crippen molar-refractivity contribution in [1.82, 2.24) is 0 Å². The van der Waals surface area contributed by atoms with Crippen LogP contribution < -0.4 is 19.5 Å². The molecule has 28 heavy (non-hydrogen) atoms. The summed E-state index contributed by atoms with van der Waals surface area (Å²) in [6, 6.07) is 6.82. The van der Waals surface area contributed by atoms with Crippen molar-refractivity contribution in [2.24, 2.45) is 0 Å². The minimum absolute atomic E-state index is 0.169. The molecule has 0 aliphatic carbocycles. The van der Waals surface area contributed by atoms with Crippen molar-refractivity contribution in [3.05, 3.63) is 46.5 Å². The lowest BCUT2D eigenvalue weighted by Gasteiger charge is -2.16. The number of carbonyl (C=O) groups excluding carboxylic acids is 1. The Morgan fingerprint density at radius 2 is 1.64 bits per heavy atom. The van der Waals surface area contributed by atoms with Crippen LogP contribution in [0.2, 0.25) is 0 Å².